The molecule has 0 saturated carbocycles. The third-order valence-corrected chi connectivity index (χ3v) is 11.3. The van der Waals surface area contributed by atoms with E-state index in [2.05, 4.69) is 187 Å². The van der Waals surface area contributed by atoms with Gasteiger partial charge in [0, 0.05) is 27.8 Å². The van der Waals surface area contributed by atoms with Crippen LogP contribution in [0.15, 0.2) is 193 Å². The van der Waals surface area contributed by atoms with Gasteiger partial charge in [0.25, 0.3) is 0 Å². The molecule has 2 aliphatic rings. The van der Waals surface area contributed by atoms with Crippen LogP contribution in [0.3, 0.4) is 0 Å². The van der Waals surface area contributed by atoms with Crippen LogP contribution in [-0.4, -0.2) is 0 Å². The van der Waals surface area contributed by atoms with Gasteiger partial charge in [0.2, 0.25) is 0 Å². The lowest BCUT2D eigenvalue weighted by Gasteiger charge is -2.48. The molecule has 3 atom stereocenters. The van der Waals surface area contributed by atoms with E-state index < -0.39 is 0 Å². The third kappa shape index (κ3) is 4.63. The number of furan rings is 1. The van der Waals surface area contributed by atoms with Gasteiger partial charge in [0.05, 0.1) is 16.8 Å². The topological polar surface area (TPSA) is 16.4 Å². The molecule has 0 radical (unpaired) electrons. The van der Waals surface area contributed by atoms with Crippen molar-refractivity contribution in [3.63, 3.8) is 0 Å². The molecule has 244 valence electrons. The first-order valence-electron chi connectivity index (χ1n) is 18.1. The predicted molar refractivity (Wildman–Crippen MR) is 212 cm³/mol. The molecule has 8 aromatic rings. The first-order valence-corrected chi connectivity index (χ1v) is 18.1. The molecule has 10 rings (SSSR count). The van der Waals surface area contributed by atoms with Gasteiger partial charge < -0.3 is 9.32 Å². The molecule has 0 amide bonds. The van der Waals surface area contributed by atoms with Crippen LogP contribution in [-0.2, 0) is 5.41 Å². The molecule has 0 saturated heterocycles. The Balaban J connectivity index is 1.22. The second-order valence-corrected chi connectivity index (χ2v) is 13.9. The number of hydrogen-bond acceptors (Lipinski definition) is 2. The Morgan fingerprint density at radius 1 is 0.529 bits per heavy atom. The van der Waals surface area contributed by atoms with Crippen LogP contribution in [0.1, 0.15) is 41.0 Å². The molecular formula is C49H37NO. The summed E-state index contributed by atoms with van der Waals surface area (Å²) in [5, 5.41) is 4.64. The SMILES string of the molecule is C1=C\C2CC(/C=C/C/1)C(c1ccccc1)(c1ccc(N(c3cccc4ccccc34)c3cccc4c3oc3ccccc34)cc1)c1ccccc12. The number of anilines is 3. The number of allylic oxidation sites excluding steroid dienone is 4. The fourth-order valence-electron chi connectivity index (χ4n) is 9.13. The fraction of sp³-hybridized carbons (Fsp3) is 0.102. The van der Waals surface area contributed by atoms with Gasteiger partial charge in [-0.25, -0.2) is 0 Å². The summed E-state index contributed by atoms with van der Waals surface area (Å²) in [6, 6.07) is 59.9. The van der Waals surface area contributed by atoms with E-state index in [1.54, 1.807) is 0 Å². The van der Waals surface area contributed by atoms with Gasteiger partial charge in [-0.3, -0.25) is 0 Å². The molecule has 0 spiro atoms. The maximum atomic E-state index is 6.66. The molecule has 1 aromatic heterocycles. The van der Waals surface area contributed by atoms with Crippen molar-refractivity contribution in [3.8, 4) is 0 Å². The van der Waals surface area contributed by atoms with E-state index in [1.807, 2.05) is 6.07 Å². The summed E-state index contributed by atoms with van der Waals surface area (Å²) >= 11 is 0. The van der Waals surface area contributed by atoms with Crippen molar-refractivity contribution < 1.29 is 4.42 Å². The highest BCUT2D eigenvalue weighted by atomic mass is 16.3. The summed E-state index contributed by atoms with van der Waals surface area (Å²) in [5.41, 5.74) is 10.1. The summed E-state index contributed by atoms with van der Waals surface area (Å²) in [6.07, 6.45) is 11.7. The Labute approximate surface area is 298 Å². The highest BCUT2D eigenvalue weighted by Crippen LogP contribution is 2.56. The first-order chi connectivity index (χ1) is 25.3. The van der Waals surface area contributed by atoms with Gasteiger partial charge >= 0.3 is 0 Å². The summed E-state index contributed by atoms with van der Waals surface area (Å²) in [4.78, 5) is 2.39. The number of para-hydroxylation sites is 2. The second kappa shape index (κ2) is 12.0. The zero-order valence-corrected chi connectivity index (χ0v) is 28.3. The molecular weight excluding hydrogens is 619 g/mol. The maximum Gasteiger partial charge on any atom is 0.159 e. The van der Waals surface area contributed by atoms with E-state index in [0.29, 0.717) is 11.8 Å². The Morgan fingerprint density at radius 2 is 1.20 bits per heavy atom. The number of nitrogens with zero attached hydrogens (tertiary/aromatic N) is 1. The van der Waals surface area contributed by atoms with E-state index in [-0.39, 0.29) is 5.41 Å². The van der Waals surface area contributed by atoms with Crippen molar-refractivity contribution in [2.75, 3.05) is 4.90 Å². The molecule has 2 nitrogen and oxygen atoms in total. The fourth-order valence-corrected chi connectivity index (χ4v) is 9.13. The lowest BCUT2D eigenvalue weighted by Crippen LogP contribution is -2.42. The zero-order chi connectivity index (χ0) is 33.8. The van der Waals surface area contributed by atoms with Crippen molar-refractivity contribution in [1.29, 1.82) is 0 Å². The number of hydrogen-bond donors (Lipinski definition) is 0. The van der Waals surface area contributed by atoms with Gasteiger partial charge in [-0.05, 0) is 76.7 Å². The largest absolute Gasteiger partial charge is 0.454 e. The average molecular weight is 656 g/mol. The van der Waals surface area contributed by atoms with Crippen LogP contribution in [0, 0.1) is 5.92 Å². The van der Waals surface area contributed by atoms with Crippen molar-refractivity contribution >= 4 is 49.8 Å². The average Bonchev–Trinajstić information content (AvgIpc) is 3.57. The smallest absolute Gasteiger partial charge is 0.159 e. The zero-order valence-electron chi connectivity index (χ0n) is 28.3. The Morgan fingerprint density at radius 3 is 2.10 bits per heavy atom. The number of benzene rings is 7. The van der Waals surface area contributed by atoms with E-state index in [1.165, 1.54) is 33.0 Å². The second-order valence-electron chi connectivity index (χ2n) is 13.9. The molecule has 2 aliphatic carbocycles. The Kier molecular flexibility index (Phi) is 7.02. The standard InChI is InChI=1S/C49H37NO/c1-3-16-35-33-38(20-6-1)49(36-18-4-2-5-19-36,44-25-11-9-21-40(35)44)37-29-31-39(32-30-37)50(45-26-13-17-34-15-7-8-22-41(34)45)46-27-14-24-43-42-23-10-12-28-47(42)51-48(43)46/h2-32,35,38H,1,33H2/b16-3-,20-6+. The van der Waals surface area contributed by atoms with Crippen LogP contribution in [0.5, 0.6) is 0 Å². The molecule has 0 N–H and O–H groups in total. The van der Waals surface area contributed by atoms with Crippen LogP contribution >= 0.6 is 0 Å². The van der Waals surface area contributed by atoms with Crippen LogP contribution < -0.4 is 4.90 Å². The van der Waals surface area contributed by atoms with E-state index in [0.717, 1.165) is 51.8 Å². The van der Waals surface area contributed by atoms with Gasteiger partial charge in [0.1, 0.15) is 5.58 Å². The van der Waals surface area contributed by atoms with Gasteiger partial charge in [-0.1, -0.05) is 158 Å². The van der Waals surface area contributed by atoms with Crippen LogP contribution in [0.25, 0.3) is 32.7 Å². The minimum Gasteiger partial charge on any atom is -0.454 e. The molecule has 51 heavy (non-hydrogen) atoms. The molecule has 0 fully saturated rings. The monoisotopic (exact) mass is 655 g/mol. The summed E-state index contributed by atoms with van der Waals surface area (Å²) < 4.78 is 6.66. The molecule has 3 unspecified atom stereocenters. The Hall–Kier alpha value is -6.12. The lowest BCUT2D eigenvalue weighted by atomic mass is 9.54. The predicted octanol–water partition coefficient (Wildman–Crippen LogP) is 13.2. The van der Waals surface area contributed by atoms with Crippen molar-refractivity contribution in [3.05, 3.63) is 210 Å². The molecule has 0 aliphatic heterocycles. The van der Waals surface area contributed by atoms with E-state index in [4.69, 9.17) is 4.42 Å². The lowest BCUT2D eigenvalue weighted by molar-refractivity contribution is 0.372. The summed E-state index contributed by atoms with van der Waals surface area (Å²) in [6.45, 7) is 0. The normalized spacial score (nSPS) is 20.8. The first kappa shape index (κ1) is 29.8. The molecule has 1 heterocycles. The quantitative estimate of drug-likeness (QED) is 0.172. The van der Waals surface area contributed by atoms with Gasteiger partial charge in [-0.15, -0.1) is 0 Å². The summed E-state index contributed by atoms with van der Waals surface area (Å²) in [5.74, 6) is 0.701. The van der Waals surface area contributed by atoms with Crippen molar-refractivity contribution in [2.24, 2.45) is 5.92 Å². The Bertz CT molecular complexity index is 2610. The van der Waals surface area contributed by atoms with Crippen LogP contribution in [0.4, 0.5) is 17.1 Å². The van der Waals surface area contributed by atoms with Gasteiger partial charge in [0.15, 0.2) is 5.58 Å². The molecule has 2 bridgehead atoms. The van der Waals surface area contributed by atoms with Crippen LogP contribution in [0.2, 0.25) is 0 Å². The number of fused-ring (bicyclic) bond motifs is 8. The third-order valence-electron chi connectivity index (χ3n) is 11.3. The van der Waals surface area contributed by atoms with E-state index >= 15 is 0 Å². The minimum absolute atomic E-state index is 0.300. The highest BCUT2D eigenvalue weighted by molar-refractivity contribution is 6.11. The molecule has 2 heteroatoms. The van der Waals surface area contributed by atoms with Crippen molar-refractivity contribution in [2.45, 2.75) is 24.2 Å². The van der Waals surface area contributed by atoms with Gasteiger partial charge in [-0.2, -0.15) is 0 Å². The molecule has 7 aromatic carbocycles. The maximum absolute atomic E-state index is 6.66. The number of rotatable bonds is 5. The minimum atomic E-state index is -0.336. The summed E-state index contributed by atoms with van der Waals surface area (Å²) in [7, 11) is 0. The van der Waals surface area contributed by atoms with E-state index in [9.17, 15) is 0 Å². The van der Waals surface area contributed by atoms with Crippen molar-refractivity contribution in [1.82, 2.24) is 0 Å². The highest BCUT2D eigenvalue weighted by Gasteiger charge is 2.48.